The number of ether oxygens (including phenoxy) is 2. The molecule has 14 heteroatoms. The van der Waals surface area contributed by atoms with Crippen LogP contribution < -0.4 is 10.6 Å². The van der Waals surface area contributed by atoms with Crippen LogP contribution in [0.15, 0.2) is 43.1 Å². The van der Waals surface area contributed by atoms with Crippen LogP contribution in [0.5, 0.6) is 0 Å². The first-order valence-electron chi connectivity index (χ1n) is 13.9. The standard InChI is InChI=1S/C28H34FN7O4S.C2H6S/c1-6-20-21(14-18(2)34-26-32-15-23(41-26)24-19(29)8-7-9-30-24)35(17-33-20)11-10-31-25(37)22-16-39-13-12-36(22)27(38)40-28(3,4)5;1-3-2/h6-9,14-15,17,22H,1,10-13,16H2,2-5H3,(H,31,37)(H,32,34);1-2H3/b18-14+;. The Bertz CT molecular complexity index is 1450. The second-order valence-electron chi connectivity index (χ2n) is 10.7. The first kappa shape index (κ1) is 34.7. The van der Waals surface area contributed by atoms with Crippen molar-refractivity contribution in [3.05, 3.63) is 60.3 Å². The Morgan fingerprint density at radius 2 is 2.05 bits per heavy atom. The van der Waals surface area contributed by atoms with Gasteiger partial charge in [-0.15, -0.1) is 0 Å². The molecule has 2 N–H and O–H groups in total. The number of hydrogen-bond acceptors (Lipinski definition) is 10. The molecule has 0 spiro atoms. The predicted molar refractivity (Wildman–Crippen MR) is 175 cm³/mol. The van der Waals surface area contributed by atoms with Gasteiger partial charge in [0.1, 0.15) is 23.2 Å². The van der Waals surface area contributed by atoms with E-state index in [2.05, 4.69) is 32.2 Å². The fraction of sp³-hybridized carbons (Fsp3) is 0.433. The smallest absolute Gasteiger partial charge is 0.411 e. The minimum Gasteiger partial charge on any atom is -0.444 e. The SMILES string of the molecule is C=Cc1ncn(CCNC(=O)C2COCCN2C(=O)OC(C)(C)C)c1/C=C(\C)Nc1ncc(-c2ncccc2F)s1.CSC. The van der Waals surface area contributed by atoms with Crippen molar-refractivity contribution in [2.75, 3.05) is 44.1 Å². The van der Waals surface area contributed by atoms with E-state index in [1.165, 1.54) is 28.5 Å². The monoisotopic (exact) mass is 645 g/mol. The van der Waals surface area contributed by atoms with Gasteiger partial charge in [-0.3, -0.25) is 14.7 Å². The third-order valence-corrected chi connectivity index (χ3v) is 6.89. The van der Waals surface area contributed by atoms with Crippen LogP contribution in [0.2, 0.25) is 0 Å². The maximum atomic E-state index is 14.1. The second kappa shape index (κ2) is 16.4. The summed E-state index contributed by atoms with van der Waals surface area (Å²) >= 11 is 3.04. The van der Waals surface area contributed by atoms with Crippen LogP contribution in [0.1, 0.15) is 39.1 Å². The van der Waals surface area contributed by atoms with Gasteiger partial charge in [0.25, 0.3) is 0 Å². The molecule has 4 rings (SSSR count). The molecule has 0 saturated carbocycles. The maximum absolute atomic E-state index is 14.1. The Hall–Kier alpha value is -3.75. The summed E-state index contributed by atoms with van der Waals surface area (Å²) < 4.78 is 26.9. The van der Waals surface area contributed by atoms with Crippen LogP contribution in [0, 0.1) is 5.82 Å². The molecule has 11 nitrogen and oxygen atoms in total. The molecule has 0 bridgehead atoms. The van der Waals surface area contributed by atoms with Gasteiger partial charge in [0.15, 0.2) is 5.13 Å². The van der Waals surface area contributed by atoms with E-state index in [0.717, 1.165) is 11.4 Å². The van der Waals surface area contributed by atoms with Crippen LogP contribution in [-0.4, -0.2) is 86.9 Å². The van der Waals surface area contributed by atoms with Crippen molar-refractivity contribution in [3.63, 3.8) is 0 Å². The summed E-state index contributed by atoms with van der Waals surface area (Å²) in [5.74, 6) is -0.728. The van der Waals surface area contributed by atoms with E-state index in [1.807, 2.05) is 30.1 Å². The average Bonchev–Trinajstić information content (AvgIpc) is 3.59. The van der Waals surface area contributed by atoms with Crippen LogP contribution in [0.25, 0.3) is 22.7 Å². The Morgan fingerprint density at radius 3 is 2.73 bits per heavy atom. The number of thioether (sulfide) groups is 1. The van der Waals surface area contributed by atoms with Crippen molar-refractivity contribution in [3.8, 4) is 10.6 Å². The molecule has 1 fully saturated rings. The number of thiazole rings is 1. The molecule has 238 valence electrons. The van der Waals surface area contributed by atoms with Crippen molar-refractivity contribution in [2.45, 2.75) is 45.9 Å². The number of morpholine rings is 1. The Morgan fingerprint density at radius 1 is 1.30 bits per heavy atom. The number of pyridine rings is 1. The van der Waals surface area contributed by atoms with Gasteiger partial charge in [0.05, 0.1) is 35.8 Å². The number of nitrogens with one attached hydrogen (secondary N) is 2. The van der Waals surface area contributed by atoms with Crippen LogP contribution in [0.4, 0.5) is 14.3 Å². The molecule has 3 aromatic rings. The number of carbonyl (C=O) groups is 2. The van der Waals surface area contributed by atoms with Crippen molar-refractivity contribution in [1.29, 1.82) is 0 Å². The van der Waals surface area contributed by atoms with Gasteiger partial charge in [-0.2, -0.15) is 11.8 Å². The molecule has 1 unspecified atom stereocenters. The number of aromatic nitrogens is 4. The number of nitrogens with zero attached hydrogens (tertiary/aromatic N) is 5. The van der Waals surface area contributed by atoms with Gasteiger partial charge < -0.3 is 24.7 Å². The number of halogens is 1. The summed E-state index contributed by atoms with van der Waals surface area (Å²) in [6.45, 7) is 12.5. The molecule has 1 aliphatic rings. The van der Waals surface area contributed by atoms with Crippen LogP contribution in [-0.2, 0) is 20.8 Å². The van der Waals surface area contributed by atoms with E-state index < -0.39 is 23.6 Å². The zero-order valence-corrected chi connectivity index (χ0v) is 27.6. The molecule has 0 aliphatic carbocycles. The van der Waals surface area contributed by atoms with Crippen molar-refractivity contribution in [2.24, 2.45) is 0 Å². The minimum absolute atomic E-state index is 0.0983. The molecular weight excluding hydrogens is 606 g/mol. The Labute approximate surface area is 266 Å². The first-order chi connectivity index (χ1) is 21.0. The van der Waals surface area contributed by atoms with E-state index in [0.29, 0.717) is 35.4 Å². The molecular formula is C30H40FN7O4S2. The lowest BCUT2D eigenvalue weighted by Gasteiger charge is -2.35. The number of anilines is 1. The number of amides is 2. The maximum Gasteiger partial charge on any atom is 0.411 e. The zero-order valence-electron chi connectivity index (χ0n) is 25.9. The van der Waals surface area contributed by atoms with Crippen LogP contribution in [0.3, 0.4) is 0 Å². The highest BCUT2D eigenvalue weighted by Gasteiger charge is 2.35. The fourth-order valence-electron chi connectivity index (χ4n) is 4.10. The predicted octanol–water partition coefficient (Wildman–Crippen LogP) is 5.39. The minimum atomic E-state index is -0.779. The molecule has 4 heterocycles. The van der Waals surface area contributed by atoms with E-state index in [4.69, 9.17) is 9.47 Å². The van der Waals surface area contributed by atoms with Gasteiger partial charge in [0, 0.05) is 37.7 Å². The summed E-state index contributed by atoms with van der Waals surface area (Å²) in [7, 11) is 0. The van der Waals surface area contributed by atoms with Crippen molar-refractivity contribution in [1.82, 2.24) is 29.7 Å². The van der Waals surface area contributed by atoms with Gasteiger partial charge in [-0.1, -0.05) is 17.9 Å². The molecule has 44 heavy (non-hydrogen) atoms. The molecule has 1 aliphatic heterocycles. The second-order valence-corrected chi connectivity index (χ2v) is 12.5. The number of imidazole rings is 1. The normalized spacial score (nSPS) is 15.2. The number of hydrogen-bond donors (Lipinski definition) is 2. The van der Waals surface area contributed by atoms with E-state index in [9.17, 15) is 14.0 Å². The molecule has 1 saturated heterocycles. The summed E-state index contributed by atoms with van der Waals surface area (Å²) in [5, 5.41) is 6.71. The van der Waals surface area contributed by atoms with Gasteiger partial charge in [-0.25, -0.2) is 19.2 Å². The number of rotatable bonds is 9. The quantitative estimate of drug-likeness (QED) is 0.315. The van der Waals surface area contributed by atoms with Crippen molar-refractivity contribution >= 4 is 52.4 Å². The van der Waals surface area contributed by atoms with Gasteiger partial charge in [0.2, 0.25) is 5.91 Å². The lowest BCUT2D eigenvalue weighted by atomic mass is 10.2. The summed E-state index contributed by atoms with van der Waals surface area (Å²) in [6, 6.07) is 2.13. The molecule has 0 aromatic carbocycles. The average molecular weight is 646 g/mol. The third kappa shape index (κ3) is 9.89. The number of allylic oxidation sites excluding steroid dienone is 1. The Balaban J connectivity index is 0.00000169. The summed E-state index contributed by atoms with van der Waals surface area (Å²) in [5.41, 5.74) is 1.81. The first-order valence-corrected chi connectivity index (χ1v) is 16.4. The van der Waals surface area contributed by atoms with Gasteiger partial charge in [-0.05, 0) is 64.5 Å². The molecule has 0 radical (unpaired) electrons. The molecule has 1 atom stereocenters. The van der Waals surface area contributed by atoms with Crippen LogP contribution >= 0.6 is 23.1 Å². The van der Waals surface area contributed by atoms with E-state index in [1.54, 1.807) is 57.2 Å². The number of carbonyl (C=O) groups excluding carboxylic acids is 2. The highest BCUT2D eigenvalue weighted by Crippen LogP contribution is 2.30. The largest absolute Gasteiger partial charge is 0.444 e. The van der Waals surface area contributed by atoms with E-state index in [-0.39, 0.29) is 24.8 Å². The molecule has 3 aromatic heterocycles. The highest BCUT2D eigenvalue weighted by atomic mass is 32.2. The highest BCUT2D eigenvalue weighted by molar-refractivity contribution is 7.97. The molecule has 2 amide bonds. The van der Waals surface area contributed by atoms with Crippen molar-refractivity contribution < 1.29 is 23.5 Å². The van der Waals surface area contributed by atoms with E-state index >= 15 is 0 Å². The van der Waals surface area contributed by atoms with Gasteiger partial charge >= 0.3 is 6.09 Å². The summed E-state index contributed by atoms with van der Waals surface area (Å²) in [4.78, 5) is 40.5. The fourth-order valence-corrected chi connectivity index (χ4v) is 4.97. The summed E-state index contributed by atoms with van der Waals surface area (Å²) in [6.07, 6.45) is 11.9. The Kier molecular flexibility index (Phi) is 12.9. The topological polar surface area (TPSA) is 124 Å². The third-order valence-electron chi connectivity index (χ3n) is 5.97. The lowest BCUT2D eigenvalue weighted by Crippen LogP contribution is -2.57. The lowest BCUT2D eigenvalue weighted by molar-refractivity contribution is -0.132. The zero-order chi connectivity index (χ0) is 32.3.